The zero-order valence-electron chi connectivity index (χ0n) is 10.3. The summed E-state index contributed by atoms with van der Waals surface area (Å²) in [6, 6.07) is 5.91. The minimum absolute atomic E-state index is 0.101. The Kier molecular flexibility index (Phi) is 4.63. The van der Waals surface area contributed by atoms with E-state index in [4.69, 9.17) is 21.1 Å². The van der Waals surface area contributed by atoms with Gasteiger partial charge in [0.25, 0.3) is 0 Å². The molecule has 3 heteroatoms. The third-order valence-corrected chi connectivity index (χ3v) is 2.65. The Morgan fingerprint density at radius 1 is 1.19 bits per heavy atom. The van der Waals surface area contributed by atoms with Crippen LogP contribution in [0.4, 0.5) is 0 Å². The van der Waals surface area contributed by atoms with Crippen molar-refractivity contribution < 1.29 is 9.47 Å². The van der Waals surface area contributed by atoms with Crippen LogP contribution in [0.15, 0.2) is 18.2 Å². The average molecular weight is 243 g/mol. The molecule has 0 aliphatic carbocycles. The lowest BCUT2D eigenvalue weighted by Crippen LogP contribution is -2.12. The van der Waals surface area contributed by atoms with E-state index in [1.54, 1.807) is 7.11 Å². The van der Waals surface area contributed by atoms with E-state index in [1.807, 2.05) is 18.2 Å². The van der Waals surface area contributed by atoms with Gasteiger partial charge >= 0.3 is 0 Å². The van der Waals surface area contributed by atoms with Gasteiger partial charge in [-0.15, -0.1) is 0 Å². The molecule has 90 valence electrons. The molecule has 0 saturated heterocycles. The van der Waals surface area contributed by atoms with Gasteiger partial charge in [-0.1, -0.05) is 38.4 Å². The lowest BCUT2D eigenvalue weighted by Gasteiger charge is -2.20. The number of rotatable bonds is 4. The first-order chi connectivity index (χ1) is 7.45. The third kappa shape index (κ3) is 3.69. The SMILES string of the molecule is COCCOc1cc(C(C)(C)C)ccc1Cl. The standard InChI is InChI=1S/C13H19ClO2/c1-13(2,3)10-5-6-11(14)12(9-10)16-8-7-15-4/h5-6,9H,7-8H2,1-4H3. The van der Waals surface area contributed by atoms with Gasteiger partial charge < -0.3 is 9.47 Å². The zero-order chi connectivity index (χ0) is 12.2. The van der Waals surface area contributed by atoms with Crippen LogP contribution in [-0.2, 0) is 10.2 Å². The van der Waals surface area contributed by atoms with E-state index in [0.29, 0.717) is 18.2 Å². The number of benzene rings is 1. The van der Waals surface area contributed by atoms with Gasteiger partial charge in [-0.25, -0.2) is 0 Å². The molecule has 0 radical (unpaired) electrons. The molecule has 0 aliphatic rings. The summed E-state index contributed by atoms with van der Waals surface area (Å²) in [6.07, 6.45) is 0. The van der Waals surface area contributed by atoms with Gasteiger partial charge in [-0.3, -0.25) is 0 Å². The van der Waals surface area contributed by atoms with Gasteiger partial charge in [-0.05, 0) is 23.1 Å². The van der Waals surface area contributed by atoms with Crippen LogP contribution >= 0.6 is 11.6 Å². The first kappa shape index (κ1) is 13.3. The van der Waals surface area contributed by atoms with Crippen molar-refractivity contribution in [3.63, 3.8) is 0 Å². The number of halogens is 1. The maximum atomic E-state index is 6.06. The number of methoxy groups -OCH3 is 1. The molecule has 1 aromatic rings. The van der Waals surface area contributed by atoms with E-state index >= 15 is 0 Å². The summed E-state index contributed by atoms with van der Waals surface area (Å²) >= 11 is 6.06. The molecule has 0 saturated carbocycles. The van der Waals surface area contributed by atoms with Gasteiger partial charge in [-0.2, -0.15) is 0 Å². The number of ether oxygens (including phenoxy) is 2. The molecule has 0 aliphatic heterocycles. The predicted octanol–water partition coefficient (Wildman–Crippen LogP) is 3.66. The second-order valence-electron chi connectivity index (χ2n) is 4.74. The van der Waals surface area contributed by atoms with Crippen molar-refractivity contribution in [1.82, 2.24) is 0 Å². The van der Waals surface area contributed by atoms with Crippen LogP contribution in [0.25, 0.3) is 0 Å². The lowest BCUT2D eigenvalue weighted by molar-refractivity contribution is 0.146. The molecule has 0 heterocycles. The topological polar surface area (TPSA) is 18.5 Å². The van der Waals surface area contributed by atoms with Crippen molar-refractivity contribution in [2.75, 3.05) is 20.3 Å². The van der Waals surface area contributed by atoms with Crippen LogP contribution in [0, 0.1) is 0 Å². The van der Waals surface area contributed by atoms with E-state index in [9.17, 15) is 0 Å². The Balaban J connectivity index is 2.83. The minimum atomic E-state index is 0.101. The van der Waals surface area contributed by atoms with E-state index < -0.39 is 0 Å². The van der Waals surface area contributed by atoms with E-state index in [0.717, 1.165) is 5.75 Å². The molecule has 0 N–H and O–H groups in total. The second kappa shape index (κ2) is 5.55. The first-order valence-corrected chi connectivity index (χ1v) is 5.74. The van der Waals surface area contributed by atoms with Crippen LogP contribution in [0.5, 0.6) is 5.75 Å². The average Bonchev–Trinajstić information content (AvgIpc) is 2.19. The Hall–Kier alpha value is -0.730. The van der Waals surface area contributed by atoms with Crippen molar-refractivity contribution in [2.24, 2.45) is 0 Å². The lowest BCUT2D eigenvalue weighted by atomic mass is 9.87. The normalized spacial score (nSPS) is 11.6. The van der Waals surface area contributed by atoms with Crippen LogP contribution in [0.3, 0.4) is 0 Å². The van der Waals surface area contributed by atoms with Gasteiger partial charge in [0.2, 0.25) is 0 Å². The molecule has 0 amide bonds. The highest BCUT2D eigenvalue weighted by atomic mass is 35.5. The minimum Gasteiger partial charge on any atom is -0.490 e. The molecule has 0 bridgehead atoms. The predicted molar refractivity (Wildman–Crippen MR) is 67.5 cm³/mol. The molecule has 1 rings (SSSR count). The van der Waals surface area contributed by atoms with E-state index in [2.05, 4.69) is 20.8 Å². The van der Waals surface area contributed by atoms with Crippen molar-refractivity contribution in [3.8, 4) is 5.75 Å². The maximum Gasteiger partial charge on any atom is 0.138 e. The molecule has 0 unspecified atom stereocenters. The first-order valence-electron chi connectivity index (χ1n) is 5.37. The molecular weight excluding hydrogens is 224 g/mol. The maximum absolute atomic E-state index is 6.06. The Labute approximate surface area is 103 Å². The van der Waals surface area contributed by atoms with E-state index in [-0.39, 0.29) is 5.41 Å². The molecule has 0 aromatic heterocycles. The molecule has 2 nitrogen and oxygen atoms in total. The third-order valence-electron chi connectivity index (χ3n) is 2.34. The number of hydrogen-bond donors (Lipinski definition) is 0. The largest absolute Gasteiger partial charge is 0.490 e. The van der Waals surface area contributed by atoms with Crippen molar-refractivity contribution in [2.45, 2.75) is 26.2 Å². The zero-order valence-corrected chi connectivity index (χ0v) is 11.1. The quantitative estimate of drug-likeness (QED) is 0.751. The highest BCUT2D eigenvalue weighted by Crippen LogP contribution is 2.31. The molecule has 16 heavy (non-hydrogen) atoms. The van der Waals surface area contributed by atoms with Crippen molar-refractivity contribution in [1.29, 1.82) is 0 Å². The second-order valence-corrected chi connectivity index (χ2v) is 5.14. The Bertz CT molecular complexity index is 342. The molecule has 0 fully saturated rings. The summed E-state index contributed by atoms with van der Waals surface area (Å²) in [6.45, 7) is 7.57. The van der Waals surface area contributed by atoms with Crippen molar-refractivity contribution in [3.05, 3.63) is 28.8 Å². The Morgan fingerprint density at radius 3 is 2.44 bits per heavy atom. The van der Waals surface area contributed by atoms with Crippen LogP contribution in [-0.4, -0.2) is 20.3 Å². The monoisotopic (exact) mass is 242 g/mol. The highest BCUT2D eigenvalue weighted by Gasteiger charge is 2.15. The van der Waals surface area contributed by atoms with Gasteiger partial charge in [0.05, 0.1) is 11.6 Å². The summed E-state index contributed by atoms with van der Waals surface area (Å²) in [5.74, 6) is 0.728. The summed E-state index contributed by atoms with van der Waals surface area (Å²) in [7, 11) is 1.65. The summed E-state index contributed by atoms with van der Waals surface area (Å²) in [4.78, 5) is 0. The van der Waals surface area contributed by atoms with Crippen LogP contribution in [0.1, 0.15) is 26.3 Å². The molecule has 0 atom stereocenters. The van der Waals surface area contributed by atoms with Gasteiger partial charge in [0.1, 0.15) is 12.4 Å². The number of hydrogen-bond acceptors (Lipinski definition) is 2. The highest BCUT2D eigenvalue weighted by molar-refractivity contribution is 6.32. The molecular formula is C13H19ClO2. The fourth-order valence-electron chi connectivity index (χ4n) is 1.32. The van der Waals surface area contributed by atoms with Crippen LogP contribution < -0.4 is 4.74 Å². The van der Waals surface area contributed by atoms with Gasteiger partial charge in [0, 0.05) is 7.11 Å². The summed E-state index contributed by atoms with van der Waals surface area (Å²) in [5.41, 5.74) is 1.31. The fraction of sp³-hybridized carbons (Fsp3) is 0.538. The van der Waals surface area contributed by atoms with Gasteiger partial charge in [0.15, 0.2) is 0 Å². The van der Waals surface area contributed by atoms with Crippen LogP contribution in [0.2, 0.25) is 5.02 Å². The molecule has 1 aromatic carbocycles. The molecule has 0 spiro atoms. The van der Waals surface area contributed by atoms with Crippen molar-refractivity contribution >= 4 is 11.6 Å². The summed E-state index contributed by atoms with van der Waals surface area (Å²) < 4.78 is 10.5. The fourth-order valence-corrected chi connectivity index (χ4v) is 1.49. The Morgan fingerprint density at radius 2 is 1.88 bits per heavy atom. The summed E-state index contributed by atoms with van der Waals surface area (Å²) in [5, 5.41) is 0.643. The smallest absolute Gasteiger partial charge is 0.138 e. The van der Waals surface area contributed by atoms with E-state index in [1.165, 1.54) is 5.56 Å².